The molecule has 0 fully saturated rings. The summed E-state index contributed by atoms with van der Waals surface area (Å²) in [5.41, 5.74) is 10.5. The predicted octanol–water partition coefficient (Wildman–Crippen LogP) is 3.37. The largest absolute Gasteiger partial charge is 0.324 e. The molecule has 0 spiro atoms. The Morgan fingerprint density at radius 1 is 1.40 bits per heavy atom. The van der Waals surface area contributed by atoms with Gasteiger partial charge in [0, 0.05) is 6.04 Å². The van der Waals surface area contributed by atoms with E-state index in [-0.39, 0.29) is 6.04 Å². The Labute approximate surface area is 92.7 Å². The SMILES string of the molecule is CCCCc1ccc2c(c1)C(N)CCC2. The van der Waals surface area contributed by atoms with Crippen LogP contribution in [0.2, 0.25) is 0 Å². The summed E-state index contributed by atoms with van der Waals surface area (Å²) < 4.78 is 0. The predicted molar refractivity (Wildman–Crippen MR) is 64.9 cm³/mol. The minimum atomic E-state index is 0.287. The monoisotopic (exact) mass is 203 g/mol. The molecule has 0 bridgehead atoms. The van der Waals surface area contributed by atoms with Crippen LogP contribution in [0.15, 0.2) is 18.2 Å². The fourth-order valence-corrected chi connectivity index (χ4v) is 2.42. The van der Waals surface area contributed by atoms with Crippen LogP contribution >= 0.6 is 0 Å². The third kappa shape index (κ3) is 2.40. The van der Waals surface area contributed by atoms with Crippen LogP contribution < -0.4 is 5.73 Å². The molecule has 1 atom stereocenters. The van der Waals surface area contributed by atoms with Crippen LogP contribution in [0.4, 0.5) is 0 Å². The summed E-state index contributed by atoms with van der Waals surface area (Å²) in [6.07, 6.45) is 7.39. The van der Waals surface area contributed by atoms with Crippen molar-refractivity contribution in [2.75, 3.05) is 0 Å². The quantitative estimate of drug-likeness (QED) is 0.801. The van der Waals surface area contributed by atoms with E-state index in [0.29, 0.717) is 0 Å². The molecule has 1 aromatic carbocycles. The molecule has 0 aliphatic heterocycles. The van der Waals surface area contributed by atoms with Crippen molar-refractivity contribution in [2.45, 2.75) is 51.5 Å². The van der Waals surface area contributed by atoms with E-state index in [2.05, 4.69) is 25.1 Å². The smallest absolute Gasteiger partial charge is 0.0297 e. The fourth-order valence-electron chi connectivity index (χ4n) is 2.42. The highest BCUT2D eigenvalue weighted by Gasteiger charge is 2.16. The first-order valence-electron chi connectivity index (χ1n) is 6.18. The van der Waals surface area contributed by atoms with Gasteiger partial charge in [0.15, 0.2) is 0 Å². The van der Waals surface area contributed by atoms with Crippen LogP contribution in [0.3, 0.4) is 0 Å². The fraction of sp³-hybridized carbons (Fsp3) is 0.571. The number of hydrogen-bond donors (Lipinski definition) is 1. The van der Waals surface area contributed by atoms with Gasteiger partial charge in [-0.2, -0.15) is 0 Å². The standard InChI is InChI=1S/C14H21N/c1-2-3-5-11-8-9-12-6-4-7-14(15)13(12)10-11/h8-10,14H,2-7,15H2,1H3. The van der Waals surface area contributed by atoms with Crippen molar-refractivity contribution < 1.29 is 0 Å². The summed E-state index contributed by atoms with van der Waals surface area (Å²) in [6, 6.07) is 7.20. The second-order valence-electron chi connectivity index (χ2n) is 4.64. The third-order valence-corrected chi connectivity index (χ3v) is 3.39. The first-order valence-corrected chi connectivity index (χ1v) is 6.18. The molecule has 82 valence electrons. The first kappa shape index (κ1) is 10.7. The molecule has 1 unspecified atom stereocenters. The van der Waals surface area contributed by atoms with E-state index in [9.17, 15) is 0 Å². The van der Waals surface area contributed by atoms with Crippen molar-refractivity contribution in [1.82, 2.24) is 0 Å². The minimum Gasteiger partial charge on any atom is -0.324 e. The van der Waals surface area contributed by atoms with E-state index in [0.717, 1.165) is 6.42 Å². The van der Waals surface area contributed by atoms with Crippen LogP contribution in [0.25, 0.3) is 0 Å². The zero-order valence-electron chi connectivity index (χ0n) is 9.63. The normalized spacial score (nSPS) is 20.0. The van der Waals surface area contributed by atoms with E-state index in [1.54, 1.807) is 0 Å². The Hall–Kier alpha value is -0.820. The lowest BCUT2D eigenvalue weighted by Crippen LogP contribution is -2.17. The molecule has 0 amide bonds. The van der Waals surface area contributed by atoms with Gasteiger partial charge in [0.2, 0.25) is 0 Å². The molecule has 2 N–H and O–H groups in total. The molecule has 1 aliphatic rings. The van der Waals surface area contributed by atoms with Gasteiger partial charge in [-0.1, -0.05) is 31.5 Å². The van der Waals surface area contributed by atoms with Crippen LogP contribution in [-0.2, 0) is 12.8 Å². The average Bonchev–Trinajstić information content (AvgIpc) is 2.27. The highest BCUT2D eigenvalue weighted by Crippen LogP contribution is 2.28. The zero-order chi connectivity index (χ0) is 10.7. The maximum absolute atomic E-state index is 6.14. The van der Waals surface area contributed by atoms with E-state index in [1.807, 2.05) is 0 Å². The summed E-state index contributed by atoms with van der Waals surface area (Å²) in [6.45, 7) is 2.24. The zero-order valence-corrected chi connectivity index (χ0v) is 9.63. The molecule has 1 heteroatoms. The van der Waals surface area contributed by atoms with Gasteiger partial charge in [-0.15, -0.1) is 0 Å². The number of fused-ring (bicyclic) bond motifs is 1. The summed E-state index contributed by atoms with van der Waals surface area (Å²) in [5.74, 6) is 0. The summed E-state index contributed by atoms with van der Waals surface area (Å²) >= 11 is 0. The van der Waals surface area contributed by atoms with Crippen molar-refractivity contribution in [3.63, 3.8) is 0 Å². The lowest BCUT2D eigenvalue weighted by Gasteiger charge is -2.22. The van der Waals surface area contributed by atoms with Crippen LogP contribution in [0.5, 0.6) is 0 Å². The van der Waals surface area contributed by atoms with Gasteiger partial charge < -0.3 is 5.73 Å². The first-order chi connectivity index (χ1) is 7.31. The summed E-state index contributed by atoms with van der Waals surface area (Å²) in [5, 5.41) is 0. The second kappa shape index (κ2) is 4.80. The molecule has 1 aliphatic carbocycles. The Morgan fingerprint density at radius 3 is 3.07 bits per heavy atom. The highest BCUT2D eigenvalue weighted by molar-refractivity contribution is 5.36. The van der Waals surface area contributed by atoms with Crippen LogP contribution in [0.1, 0.15) is 55.3 Å². The molecule has 2 rings (SSSR count). The van der Waals surface area contributed by atoms with Crippen LogP contribution in [-0.4, -0.2) is 0 Å². The Balaban J connectivity index is 2.19. The van der Waals surface area contributed by atoms with E-state index < -0.39 is 0 Å². The number of benzene rings is 1. The number of nitrogens with two attached hydrogens (primary N) is 1. The molecular formula is C14H21N. The van der Waals surface area contributed by atoms with Gasteiger partial charge in [0.05, 0.1) is 0 Å². The lowest BCUT2D eigenvalue weighted by molar-refractivity contribution is 0.569. The molecule has 15 heavy (non-hydrogen) atoms. The summed E-state index contributed by atoms with van der Waals surface area (Å²) in [7, 11) is 0. The molecule has 0 saturated heterocycles. The highest BCUT2D eigenvalue weighted by atomic mass is 14.6. The second-order valence-corrected chi connectivity index (χ2v) is 4.64. The number of hydrogen-bond acceptors (Lipinski definition) is 1. The Morgan fingerprint density at radius 2 is 2.27 bits per heavy atom. The molecule has 0 heterocycles. The van der Waals surface area contributed by atoms with Gasteiger partial charge >= 0.3 is 0 Å². The van der Waals surface area contributed by atoms with Gasteiger partial charge in [0.25, 0.3) is 0 Å². The van der Waals surface area contributed by atoms with Crippen molar-refractivity contribution in [2.24, 2.45) is 5.73 Å². The average molecular weight is 203 g/mol. The van der Waals surface area contributed by atoms with Gasteiger partial charge in [0.1, 0.15) is 0 Å². The van der Waals surface area contributed by atoms with Crippen molar-refractivity contribution >= 4 is 0 Å². The molecule has 1 nitrogen and oxygen atoms in total. The topological polar surface area (TPSA) is 26.0 Å². The maximum atomic E-state index is 6.14. The van der Waals surface area contributed by atoms with Crippen LogP contribution in [0, 0.1) is 0 Å². The van der Waals surface area contributed by atoms with E-state index >= 15 is 0 Å². The molecule has 0 saturated carbocycles. The third-order valence-electron chi connectivity index (χ3n) is 3.39. The van der Waals surface area contributed by atoms with Gasteiger partial charge in [-0.25, -0.2) is 0 Å². The van der Waals surface area contributed by atoms with Crippen molar-refractivity contribution in [1.29, 1.82) is 0 Å². The van der Waals surface area contributed by atoms with E-state index in [1.165, 1.54) is 48.8 Å². The maximum Gasteiger partial charge on any atom is 0.0297 e. The Kier molecular flexibility index (Phi) is 3.42. The summed E-state index contributed by atoms with van der Waals surface area (Å²) in [4.78, 5) is 0. The van der Waals surface area contributed by atoms with Gasteiger partial charge in [-0.05, 0) is 48.8 Å². The van der Waals surface area contributed by atoms with Crippen molar-refractivity contribution in [3.8, 4) is 0 Å². The van der Waals surface area contributed by atoms with E-state index in [4.69, 9.17) is 5.73 Å². The molecule has 0 aromatic heterocycles. The minimum absolute atomic E-state index is 0.287. The molecule has 0 radical (unpaired) electrons. The number of unbranched alkanes of at least 4 members (excludes halogenated alkanes) is 1. The Bertz CT molecular complexity index is 330. The van der Waals surface area contributed by atoms with Crippen molar-refractivity contribution in [3.05, 3.63) is 34.9 Å². The number of rotatable bonds is 3. The number of aryl methyl sites for hydroxylation is 2. The lowest BCUT2D eigenvalue weighted by atomic mass is 9.86. The molecule has 1 aromatic rings. The molecular weight excluding hydrogens is 182 g/mol. The van der Waals surface area contributed by atoms with Gasteiger partial charge in [-0.3, -0.25) is 0 Å².